The molecule has 4 nitrogen and oxygen atoms in total. The number of sulfonamides is 1. The average molecular weight is 319 g/mol. The van der Waals surface area contributed by atoms with Crippen LogP contribution < -0.4 is 0 Å². The lowest BCUT2D eigenvalue weighted by Gasteiger charge is -2.23. The molecule has 1 atom stereocenters. The van der Waals surface area contributed by atoms with Crippen LogP contribution in [0.4, 0.5) is 0 Å². The van der Waals surface area contributed by atoms with Crippen LogP contribution in [0.15, 0.2) is 17.2 Å². The van der Waals surface area contributed by atoms with Crippen LogP contribution in [0.5, 0.6) is 0 Å². The van der Waals surface area contributed by atoms with Crippen LogP contribution >= 0.6 is 11.6 Å². The second-order valence-corrected chi connectivity index (χ2v) is 7.86. The lowest BCUT2D eigenvalue weighted by molar-refractivity contribution is 0.357. The zero-order chi connectivity index (χ0) is 14.9. The van der Waals surface area contributed by atoms with Gasteiger partial charge in [-0.1, -0.05) is 6.92 Å². The highest BCUT2D eigenvalue weighted by Crippen LogP contribution is 2.36. The Morgan fingerprint density at radius 3 is 2.65 bits per heavy atom. The minimum Gasteiger partial charge on any atom is -0.349 e. The number of aryl methyl sites for hydroxylation is 1. The molecule has 0 spiro atoms. The molecule has 0 aromatic carbocycles. The van der Waals surface area contributed by atoms with Gasteiger partial charge in [0.2, 0.25) is 10.0 Å². The number of nitrogens with zero attached hydrogens (tertiary/aromatic N) is 2. The minimum absolute atomic E-state index is 0.0639. The first-order valence-corrected chi connectivity index (χ1v) is 9.12. The molecular formula is C14H23ClN2O2S. The summed E-state index contributed by atoms with van der Waals surface area (Å²) < 4.78 is 28.8. The van der Waals surface area contributed by atoms with Crippen molar-refractivity contribution in [3.8, 4) is 0 Å². The first kappa shape index (κ1) is 15.9. The number of hydrogen-bond donors (Lipinski definition) is 0. The molecule has 0 aliphatic heterocycles. The van der Waals surface area contributed by atoms with Crippen LogP contribution in [0.1, 0.15) is 38.8 Å². The summed E-state index contributed by atoms with van der Waals surface area (Å²) in [5.41, 5.74) is 0.861. The Bertz CT molecular complexity index is 564. The second-order valence-electron chi connectivity index (χ2n) is 5.59. The summed E-state index contributed by atoms with van der Waals surface area (Å²) in [6.45, 7) is 4.84. The predicted octanol–water partition coefficient (Wildman–Crippen LogP) is 3.06. The number of rotatable bonds is 7. The molecule has 1 aromatic rings. The van der Waals surface area contributed by atoms with Crippen molar-refractivity contribution < 1.29 is 8.42 Å². The highest BCUT2D eigenvalue weighted by molar-refractivity contribution is 7.89. The van der Waals surface area contributed by atoms with Gasteiger partial charge in [0.15, 0.2) is 0 Å². The third-order valence-electron chi connectivity index (χ3n) is 4.12. The summed E-state index contributed by atoms with van der Waals surface area (Å²) in [6, 6.07) is 1.77. The molecule has 0 N–H and O–H groups in total. The summed E-state index contributed by atoms with van der Waals surface area (Å²) in [5.74, 6) is 0.845. The summed E-state index contributed by atoms with van der Waals surface area (Å²) in [6.07, 6.45) is 4.93. The molecule has 1 heterocycles. The molecule has 6 heteroatoms. The van der Waals surface area contributed by atoms with Crippen molar-refractivity contribution >= 4 is 21.6 Å². The topological polar surface area (TPSA) is 42.3 Å². The Morgan fingerprint density at radius 1 is 1.50 bits per heavy atom. The predicted molar refractivity (Wildman–Crippen MR) is 81.4 cm³/mol. The lowest BCUT2D eigenvalue weighted by Crippen LogP contribution is -2.36. The van der Waals surface area contributed by atoms with Gasteiger partial charge in [0.1, 0.15) is 4.90 Å². The minimum atomic E-state index is -3.42. The number of aromatic nitrogens is 1. The summed E-state index contributed by atoms with van der Waals surface area (Å²) in [7, 11) is -1.74. The van der Waals surface area contributed by atoms with E-state index in [2.05, 4.69) is 6.92 Å². The van der Waals surface area contributed by atoms with Gasteiger partial charge in [0.25, 0.3) is 0 Å². The molecule has 1 aliphatic carbocycles. The van der Waals surface area contributed by atoms with Gasteiger partial charge in [-0.3, -0.25) is 0 Å². The molecule has 0 amide bonds. The van der Waals surface area contributed by atoms with E-state index in [4.69, 9.17) is 11.6 Å². The fourth-order valence-electron chi connectivity index (χ4n) is 2.49. The molecule has 1 aliphatic rings. The standard InChI is InChI=1S/C14H23ClN2O2S/c1-4-7-17-10-14(8-13(17)9-15)20(18,19)16(3)11(2)12-5-6-12/h8,10-12H,4-7,9H2,1-3H3. The van der Waals surface area contributed by atoms with E-state index in [1.54, 1.807) is 19.3 Å². The molecule has 0 bridgehead atoms. The first-order chi connectivity index (χ1) is 9.41. The largest absolute Gasteiger partial charge is 0.349 e. The van der Waals surface area contributed by atoms with Crippen molar-refractivity contribution in [1.29, 1.82) is 0 Å². The Kier molecular flexibility index (Phi) is 4.82. The zero-order valence-electron chi connectivity index (χ0n) is 12.3. The highest BCUT2D eigenvalue weighted by atomic mass is 35.5. The van der Waals surface area contributed by atoms with E-state index in [0.29, 0.717) is 16.7 Å². The molecule has 2 rings (SSSR count). The van der Waals surface area contributed by atoms with E-state index >= 15 is 0 Å². The van der Waals surface area contributed by atoms with Crippen molar-refractivity contribution in [3.05, 3.63) is 18.0 Å². The van der Waals surface area contributed by atoms with Gasteiger partial charge in [-0.15, -0.1) is 11.6 Å². The van der Waals surface area contributed by atoms with Gasteiger partial charge in [-0.2, -0.15) is 4.31 Å². The average Bonchev–Trinajstić information content (AvgIpc) is 3.18. The zero-order valence-corrected chi connectivity index (χ0v) is 13.9. The van der Waals surface area contributed by atoms with Gasteiger partial charge in [-0.05, 0) is 38.2 Å². The van der Waals surface area contributed by atoms with E-state index < -0.39 is 10.0 Å². The molecule has 0 saturated heterocycles. The monoisotopic (exact) mass is 318 g/mol. The van der Waals surface area contributed by atoms with Gasteiger partial charge in [0.05, 0.1) is 5.88 Å². The molecule has 0 radical (unpaired) electrons. The van der Waals surface area contributed by atoms with Crippen LogP contribution in [0.25, 0.3) is 0 Å². The van der Waals surface area contributed by atoms with Crippen molar-refractivity contribution in [2.24, 2.45) is 5.92 Å². The van der Waals surface area contributed by atoms with Crippen molar-refractivity contribution in [2.45, 2.75) is 56.5 Å². The van der Waals surface area contributed by atoms with Crippen LogP contribution in [0, 0.1) is 5.92 Å². The summed E-state index contributed by atoms with van der Waals surface area (Å²) in [5, 5.41) is 0. The van der Waals surface area contributed by atoms with Crippen LogP contribution in [0.3, 0.4) is 0 Å². The molecule has 1 fully saturated rings. The van der Waals surface area contributed by atoms with Crippen molar-refractivity contribution in [3.63, 3.8) is 0 Å². The molecule has 1 aromatic heterocycles. The number of hydrogen-bond acceptors (Lipinski definition) is 2. The Morgan fingerprint density at radius 2 is 2.15 bits per heavy atom. The third kappa shape index (κ3) is 3.05. The van der Waals surface area contributed by atoms with Crippen molar-refractivity contribution in [2.75, 3.05) is 7.05 Å². The maximum atomic E-state index is 12.7. The van der Waals surface area contributed by atoms with E-state index in [-0.39, 0.29) is 6.04 Å². The second kappa shape index (κ2) is 6.08. The van der Waals surface area contributed by atoms with E-state index in [1.165, 1.54) is 4.31 Å². The highest BCUT2D eigenvalue weighted by Gasteiger charge is 2.36. The Balaban J connectivity index is 2.28. The lowest BCUT2D eigenvalue weighted by atomic mass is 10.2. The fraction of sp³-hybridized carbons (Fsp3) is 0.714. The van der Waals surface area contributed by atoms with Crippen LogP contribution in [-0.2, 0) is 22.4 Å². The normalized spacial score (nSPS) is 17.6. The quantitative estimate of drug-likeness (QED) is 0.725. The Hall–Kier alpha value is -0.520. The third-order valence-corrected chi connectivity index (χ3v) is 6.30. The van der Waals surface area contributed by atoms with Gasteiger partial charge < -0.3 is 4.57 Å². The molecule has 1 unspecified atom stereocenters. The summed E-state index contributed by atoms with van der Waals surface area (Å²) in [4.78, 5) is 0.358. The fourth-order valence-corrected chi connectivity index (χ4v) is 4.21. The molecule has 20 heavy (non-hydrogen) atoms. The smallest absolute Gasteiger partial charge is 0.244 e. The van der Waals surface area contributed by atoms with Crippen LogP contribution in [0.2, 0.25) is 0 Å². The molecule has 114 valence electrons. The van der Waals surface area contributed by atoms with Gasteiger partial charge in [-0.25, -0.2) is 8.42 Å². The number of alkyl halides is 1. The molecule has 1 saturated carbocycles. The first-order valence-electron chi connectivity index (χ1n) is 7.14. The maximum Gasteiger partial charge on any atom is 0.244 e. The van der Waals surface area contributed by atoms with Gasteiger partial charge >= 0.3 is 0 Å². The SMILES string of the molecule is CCCn1cc(S(=O)(=O)N(C)C(C)C2CC2)cc1CCl. The van der Waals surface area contributed by atoms with Crippen molar-refractivity contribution in [1.82, 2.24) is 8.87 Å². The Labute approximate surface area is 126 Å². The summed E-state index contributed by atoms with van der Waals surface area (Å²) >= 11 is 5.90. The molecular weight excluding hydrogens is 296 g/mol. The number of halogens is 1. The van der Waals surface area contributed by atoms with E-state index in [0.717, 1.165) is 31.5 Å². The van der Waals surface area contributed by atoms with Crippen LogP contribution in [-0.4, -0.2) is 30.4 Å². The van der Waals surface area contributed by atoms with Gasteiger partial charge in [0, 0.05) is 31.5 Å². The maximum absolute atomic E-state index is 12.7. The van der Waals surface area contributed by atoms with E-state index in [1.807, 2.05) is 11.5 Å². The van der Waals surface area contributed by atoms with E-state index in [9.17, 15) is 8.42 Å².